The molecule has 0 rings (SSSR count). The molecule has 0 amide bonds. The van der Waals surface area contributed by atoms with Gasteiger partial charge in [0.05, 0.1) is 6.54 Å². The first-order chi connectivity index (χ1) is 4.52. The van der Waals surface area contributed by atoms with E-state index in [1.807, 2.05) is 6.92 Å². The van der Waals surface area contributed by atoms with Crippen LogP contribution in [-0.2, 0) is 0 Å². The first-order valence-electron chi connectivity index (χ1n) is 3.13. The maximum Gasteiger partial charge on any atom is 0.251 e. The van der Waals surface area contributed by atoms with Crippen LogP contribution in [0.5, 0.6) is 0 Å². The van der Waals surface area contributed by atoms with Gasteiger partial charge in [0.25, 0.3) is 6.43 Å². The van der Waals surface area contributed by atoms with Crippen molar-refractivity contribution in [2.45, 2.75) is 18.2 Å². The third kappa shape index (κ3) is 6.42. The fourth-order valence-corrected chi connectivity index (χ4v) is 1.23. The molecule has 0 spiro atoms. The van der Waals surface area contributed by atoms with Crippen LogP contribution in [-0.4, -0.2) is 36.3 Å². The minimum atomic E-state index is -2.23. The average molecular weight is 216 g/mol. The lowest BCUT2D eigenvalue weighted by Crippen LogP contribution is -2.29. The molecule has 0 aromatic carbocycles. The van der Waals surface area contributed by atoms with Gasteiger partial charge in [-0.1, -0.05) is 22.9 Å². The van der Waals surface area contributed by atoms with Gasteiger partial charge in [0.15, 0.2) is 0 Å². The van der Waals surface area contributed by atoms with Crippen LogP contribution in [0.15, 0.2) is 0 Å². The third-order valence-electron chi connectivity index (χ3n) is 1.01. The summed E-state index contributed by atoms with van der Waals surface area (Å²) in [5, 5.41) is 0. The topological polar surface area (TPSA) is 3.24 Å². The zero-order valence-electron chi connectivity index (χ0n) is 6.15. The number of hydrogen-bond acceptors (Lipinski definition) is 1. The van der Waals surface area contributed by atoms with E-state index in [4.69, 9.17) is 0 Å². The van der Waals surface area contributed by atoms with Gasteiger partial charge in [0.2, 0.25) is 0 Å². The van der Waals surface area contributed by atoms with Crippen molar-refractivity contribution in [3.05, 3.63) is 0 Å². The van der Waals surface area contributed by atoms with Crippen molar-refractivity contribution >= 4 is 15.9 Å². The van der Waals surface area contributed by atoms with Crippen molar-refractivity contribution in [2.24, 2.45) is 0 Å². The minimum absolute atomic E-state index is 0.143. The van der Waals surface area contributed by atoms with E-state index in [-0.39, 0.29) is 11.4 Å². The van der Waals surface area contributed by atoms with Gasteiger partial charge in [-0.3, -0.25) is 4.90 Å². The zero-order valence-corrected chi connectivity index (χ0v) is 7.74. The van der Waals surface area contributed by atoms with E-state index in [2.05, 4.69) is 15.9 Å². The van der Waals surface area contributed by atoms with E-state index < -0.39 is 6.43 Å². The molecule has 1 atom stereocenters. The molecule has 0 saturated carbocycles. The zero-order chi connectivity index (χ0) is 8.15. The highest BCUT2D eigenvalue weighted by atomic mass is 79.9. The largest absolute Gasteiger partial charge is 0.300 e. The molecule has 1 unspecified atom stereocenters. The summed E-state index contributed by atoms with van der Waals surface area (Å²) in [6.45, 7) is 2.45. The van der Waals surface area contributed by atoms with Crippen LogP contribution >= 0.6 is 15.9 Å². The molecule has 0 aromatic rings. The van der Waals surface area contributed by atoms with Gasteiger partial charge >= 0.3 is 0 Å². The molecule has 0 aliphatic carbocycles. The second-order valence-corrected chi connectivity index (χ2v) is 3.96. The van der Waals surface area contributed by atoms with Crippen LogP contribution in [0.1, 0.15) is 6.92 Å². The highest BCUT2D eigenvalue weighted by molar-refractivity contribution is 9.09. The lowest BCUT2D eigenvalue weighted by Gasteiger charge is -2.16. The van der Waals surface area contributed by atoms with Gasteiger partial charge in [-0.2, -0.15) is 0 Å². The van der Waals surface area contributed by atoms with E-state index in [1.54, 1.807) is 11.9 Å². The Bertz CT molecular complexity index is 77.8. The number of hydrogen-bond donors (Lipinski definition) is 0. The Balaban J connectivity index is 3.34. The molecule has 0 N–H and O–H groups in total. The molecular weight excluding hydrogens is 204 g/mol. The Hall–Kier alpha value is 0.300. The molecule has 0 aliphatic rings. The monoisotopic (exact) mass is 215 g/mol. The van der Waals surface area contributed by atoms with E-state index >= 15 is 0 Å². The van der Waals surface area contributed by atoms with Crippen molar-refractivity contribution in [3.63, 3.8) is 0 Å². The molecule has 0 saturated heterocycles. The normalized spacial score (nSPS) is 14.7. The number of alkyl halides is 3. The van der Waals surface area contributed by atoms with E-state index in [0.717, 1.165) is 0 Å². The Labute approximate surface area is 68.5 Å². The lowest BCUT2D eigenvalue weighted by molar-refractivity contribution is 0.101. The smallest absolute Gasteiger partial charge is 0.251 e. The minimum Gasteiger partial charge on any atom is -0.300 e. The van der Waals surface area contributed by atoms with Crippen LogP contribution in [0, 0.1) is 0 Å². The summed E-state index contributed by atoms with van der Waals surface area (Å²) in [7, 11) is 1.68. The summed E-state index contributed by atoms with van der Waals surface area (Å²) < 4.78 is 23.4. The van der Waals surface area contributed by atoms with Crippen molar-refractivity contribution in [1.29, 1.82) is 0 Å². The molecule has 0 heterocycles. The average Bonchev–Trinajstić information content (AvgIpc) is 1.58. The van der Waals surface area contributed by atoms with Crippen LogP contribution in [0.25, 0.3) is 0 Å². The molecule has 1 nitrogen and oxygen atoms in total. The van der Waals surface area contributed by atoms with Gasteiger partial charge in [0.1, 0.15) is 0 Å². The van der Waals surface area contributed by atoms with Crippen molar-refractivity contribution in [3.8, 4) is 0 Å². The molecule has 4 heteroatoms. The molecule has 0 aliphatic heterocycles. The standard InChI is InChI=1S/C6H12BrF2N/c1-5(7)3-10(2)4-6(8)9/h5-6H,3-4H2,1-2H3. The maximum absolute atomic E-state index is 11.7. The maximum atomic E-state index is 11.7. The van der Waals surface area contributed by atoms with Gasteiger partial charge < -0.3 is 0 Å². The van der Waals surface area contributed by atoms with Crippen LogP contribution < -0.4 is 0 Å². The second kappa shape index (κ2) is 5.02. The molecular formula is C6H12BrF2N. The summed E-state index contributed by atoms with van der Waals surface area (Å²) >= 11 is 3.28. The van der Waals surface area contributed by atoms with Gasteiger partial charge in [-0.15, -0.1) is 0 Å². The van der Waals surface area contributed by atoms with Crippen molar-refractivity contribution < 1.29 is 8.78 Å². The van der Waals surface area contributed by atoms with E-state index in [9.17, 15) is 8.78 Å². The Morgan fingerprint density at radius 2 is 1.90 bits per heavy atom. The Morgan fingerprint density at radius 3 is 2.20 bits per heavy atom. The molecule has 0 bridgehead atoms. The second-order valence-electron chi connectivity index (χ2n) is 2.39. The van der Waals surface area contributed by atoms with Gasteiger partial charge in [-0.25, -0.2) is 8.78 Å². The number of halogens is 3. The fraction of sp³-hybridized carbons (Fsp3) is 1.00. The summed E-state index contributed by atoms with van der Waals surface area (Å²) in [6, 6.07) is 0. The summed E-state index contributed by atoms with van der Waals surface area (Å²) in [5.41, 5.74) is 0. The Kier molecular flexibility index (Phi) is 5.17. The molecule has 0 radical (unpaired) electrons. The van der Waals surface area contributed by atoms with Gasteiger partial charge in [0, 0.05) is 11.4 Å². The van der Waals surface area contributed by atoms with E-state index in [1.165, 1.54) is 0 Å². The predicted molar refractivity (Wildman–Crippen MR) is 41.9 cm³/mol. The van der Waals surface area contributed by atoms with Gasteiger partial charge in [-0.05, 0) is 7.05 Å². The quantitative estimate of drug-likeness (QED) is 0.649. The fourth-order valence-electron chi connectivity index (χ4n) is 0.740. The summed E-state index contributed by atoms with van der Waals surface area (Å²) in [5.74, 6) is 0. The highest BCUT2D eigenvalue weighted by Crippen LogP contribution is 2.01. The highest BCUT2D eigenvalue weighted by Gasteiger charge is 2.08. The van der Waals surface area contributed by atoms with Crippen LogP contribution in [0.2, 0.25) is 0 Å². The van der Waals surface area contributed by atoms with Crippen LogP contribution in [0.4, 0.5) is 8.78 Å². The summed E-state index contributed by atoms with van der Waals surface area (Å²) in [4.78, 5) is 1.88. The Morgan fingerprint density at radius 1 is 1.40 bits per heavy atom. The SMILES string of the molecule is CC(Br)CN(C)CC(F)F. The van der Waals surface area contributed by atoms with Crippen molar-refractivity contribution in [2.75, 3.05) is 20.1 Å². The summed E-state index contributed by atoms with van der Waals surface area (Å²) in [6.07, 6.45) is -2.23. The lowest BCUT2D eigenvalue weighted by atomic mass is 10.4. The molecule has 62 valence electrons. The third-order valence-corrected chi connectivity index (χ3v) is 1.30. The number of nitrogens with zero attached hydrogens (tertiary/aromatic N) is 1. The van der Waals surface area contributed by atoms with E-state index in [0.29, 0.717) is 6.54 Å². The van der Waals surface area contributed by atoms with Crippen molar-refractivity contribution in [1.82, 2.24) is 4.90 Å². The first kappa shape index (κ1) is 10.3. The van der Waals surface area contributed by atoms with Crippen LogP contribution in [0.3, 0.4) is 0 Å². The number of rotatable bonds is 4. The molecule has 0 fully saturated rings. The first-order valence-corrected chi connectivity index (χ1v) is 4.04. The molecule has 0 aromatic heterocycles. The predicted octanol–water partition coefficient (Wildman–Crippen LogP) is 1.97. The molecule has 10 heavy (non-hydrogen) atoms.